The van der Waals surface area contributed by atoms with Gasteiger partial charge in [0.05, 0.1) is 40.4 Å². The highest BCUT2D eigenvalue weighted by atomic mass is 79.9. The number of carbonyl (C=O) groups is 1. The number of nitrogens with zero attached hydrogens (tertiary/aromatic N) is 5. The highest BCUT2D eigenvalue weighted by Crippen LogP contribution is 2.52. The average molecular weight is 695 g/mol. The molecule has 1 amide bonds. The maximum Gasteiger partial charge on any atom is 0.290 e. The molecular formula is C27H23BrF8N6O2. The van der Waals surface area contributed by atoms with Gasteiger partial charge in [0.1, 0.15) is 29.6 Å². The van der Waals surface area contributed by atoms with Crippen LogP contribution in [0.1, 0.15) is 53.5 Å². The zero-order chi connectivity index (χ0) is 31.6. The molecule has 44 heavy (non-hydrogen) atoms. The fourth-order valence-electron chi connectivity index (χ4n) is 5.84. The smallest absolute Gasteiger partial charge is 0.290 e. The SMILES string of the molecule is O=C(Cn1nc(C(F)F)c2c1C(F)(F)CCC2(F)F)NC(Cc1cc(F)cc(F)c1)c1nc(N2CC3(COC3)C2)ncc1Br. The summed E-state index contributed by atoms with van der Waals surface area (Å²) in [4.78, 5) is 24.0. The van der Waals surface area contributed by atoms with Crippen LogP contribution >= 0.6 is 15.9 Å². The molecule has 8 nitrogen and oxygen atoms in total. The molecule has 4 heterocycles. The van der Waals surface area contributed by atoms with Crippen molar-refractivity contribution in [3.8, 4) is 0 Å². The summed E-state index contributed by atoms with van der Waals surface area (Å²) in [6.45, 7) is 1.27. The van der Waals surface area contributed by atoms with Crippen LogP contribution in [0.4, 0.5) is 41.1 Å². The summed E-state index contributed by atoms with van der Waals surface area (Å²) in [6, 6.07) is 1.53. The molecule has 2 aliphatic heterocycles. The first-order valence-electron chi connectivity index (χ1n) is 13.4. The van der Waals surface area contributed by atoms with Crippen molar-refractivity contribution in [3.05, 3.63) is 68.7 Å². The van der Waals surface area contributed by atoms with E-state index < -0.39 is 78.2 Å². The van der Waals surface area contributed by atoms with Crippen LogP contribution in [0, 0.1) is 17.0 Å². The van der Waals surface area contributed by atoms with E-state index in [1.165, 1.54) is 6.20 Å². The van der Waals surface area contributed by atoms with Crippen LogP contribution in [0.2, 0.25) is 0 Å². The van der Waals surface area contributed by atoms with Gasteiger partial charge in [-0.1, -0.05) is 0 Å². The van der Waals surface area contributed by atoms with E-state index in [9.17, 15) is 39.9 Å². The van der Waals surface area contributed by atoms with Crippen molar-refractivity contribution in [3.63, 3.8) is 0 Å². The summed E-state index contributed by atoms with van der Waals surface area (Å²) in [5.74, 6) is -10.6. The lowest BCUT2D eigenvalue weighted by molar-refractivity contribution is -0.127. The number of ether oxygens (including phenoxy) is 1. The van der Waals surface area contributed by atoms with Gasteiger partial charge in [0.15, 0.2) is 0 Å². The Kier molecular flexibility index (Phi) is 7.62. The number of nitrogens with one attached hydrogen (secondary N) is 1. The Labute approximate surface area is 252 Å². The van der Waals surface area contributed by atoms with E-state index >= 15 is 0 Å². The molecule has 1 unspecified atom stereocenters. The number of halogens is 9. The zero-order valence-corrected chi connectivity index (χ0v) is 24.2. The molecule has 1 atom stereocenters. The van der Waals surface area contributed by atoms with Gasteiger partial charge in [-0.15, -0.1) is 0 Å². The molecule has 2 aromatic heterocycles. The van der Waals surface area contributed by atoms with Crippen LogP contribution < -0.4 is 10.2 Å². The Morgan fingerprint density at radius 2 is 1.68 bits per heavy atom. The minimum Gasteiger partial charge on any atom is -0.380 e. The van der Waals surface area contributed by atoms with Crippen LogP contribution in [-0.2, 0) is 34.3 Å². The quantitative estimate of drug-likeness (QED) is 0.311. The second-order valence-corrected chi connectivity index (χ2v) is 12.2. The monoisotopic (exact) mass is 694 g/mol. The van der Waals surface area contributed by atoms with Crippen LogP contribution in [0.15, 0.2) is 28.9 Å². The Morgan fingerprint density at radius 1 is 1.02 bits per heavy atom. The standard InChI is InChI=1S/C27H23BrF8N6O2/c28-16-7-37-24(41-9-25(10-41)11-44-12-25)39-20(16)17(5-13-3-14(29)6-15(30)4-13)38-18(43)8-42-22-19(21(40-42)23(31)32)26(33,34)1-2-27(22,35)36/h3-4,6-7,17,23H,1-2,5,8-12H2,(H,38,43). The van der Waals surface area contributed by atoms with Gasteiger partial charge in [0, 0.05) is 38.2 Å². The molecule has 2 saturated heterocycles. The lowest BCUT2D eigenvalue weighted by Crippen LogP contribution is -2.66. The van der Waals surface area contributed by atoms with E-state index in [0.717, 1.165) is 12.1 Å². The summed E-state index contributed by atoms with van der Waals surface area (Å²) in [5, 5.41) is 5.83. The number of benzene rings is 1. The van der Waals surface area contributed by atoms with Crippen molar-refractivity contribution >= 4 is 27.8 Å². The van der Waals surface area contributed by atoms with Crippen LogP contribution in [0.25, 0.3) is 0 Å². The van der Waals surface area contributed by atoms with E-state index in [-0.39, 0.29) is 38.2 Å². The number of carbonyl (C=O) groups excluding carboxylic acids is 1. The molecule has 17 heteroatoms. The van der Waals surface area contributed by atoms with Gasteiger partial charge < -0.3 is 15.0 Å². The second-order valence-electron chi connectivity index (χ2n) is 11.3. The Hall–Kier alpha value is -3.34. The van der Waals surface area contributed by atoms with Gasteiger partial charge >= 0.3 is 0 Å². The fourth-order valence-corrected chi connectivity index (χ4v) is 6.31. The third kappa shape index (κ3) is 5.63. The number of hydrogen-bond acceptors (Lipinski definition) is 6. The highest BCUT2D eigenvalue weighted by Gasteiger charge is 2.55. The van der Waals surface area contributed by atoms with Crippen molar-refractivity contribution in [2.45, 2.75) is 50.1 Å². The summed E-state index contributed by atoms with van der Waals surface area (Å²) in [7, 11) is 0. The average Bonchev–Trinajstić information content (AvgIpc) is 3.27. The third-order valence-electron chi connectivity index (χ3n) is 7.88. The van der Waals surface area contributed by atoms with E-state index in [4.69, 9.17) is 4.74 Å². The molecule has 3 aliphatic rings. The number of fused-ring (bicyclic) bond motifs is 1. The number of rotatable bonds is 8. The predicted octanol–water partition coefficient (Wildman–Crippen LogP) is 5.57. The Balaban J connectivity index is 1.32. The van der Waals surface area contributed by atoms with Crippen molar-refractivity contribution in [1.29, 1.82) is 0 Å². The summed E-state index contributed by atoms with van der Waals surface area (Å²) in [5.41, 5.74) is -4.32. The molecule has 1 aliphatic carbocycles. The van der Waals surface area contributed by atoms with Gasteiger partial charge in [-0.2, -0.15) is 13.9 Å². The minimum atomic E-state index is -4.01. The third-order valence-corrected chi connectivity index (χ3v) is 8.49. The molecule has 3 aromatic rings. The summed E-state index contributed by atoms with van der Waals surface area (Å²) in [6.07, 6.45) is -5.15. The summed E-state index contributed by atoms with van der Waals surface area (Å²) < 4.78 is 120. The maximum absolute atomic E-state index is 14.8. The van der Waals surface area contributed by atoms with Crippen LogP contribution in [-0.4, -0.2) is 52.0 Å². The summed E-state index contributed by atoms with van der Waals surface area (Å²) >= 11 is 3.32. The van der Waals surface area contributed by atoms with E-state index in [0.29, 0.717) is 32.4 Å². The number of alkyl halides is 6. The van der Waals surface area contributed by atoms with Gasteiger partial charge in [0.25, 0.3) is 18.3 Å². The van der Waals surface area contributed by atoms with Crippen LogP contribution in [0.5, 0.6) is 0 Å². The maximum atomic E-state index is 14.8. The van der Waals surface area contributed by atoms with Crippen LogP contribution in [0.3, 0.4) is 0 Å². The van der Waals surface area contributed by atoms with Crippen molar-refractivity contribution in [2.75, 3.05) is 31.2 Å². The number of anilines is 1. The minimum absolute atomic E-state index is 0.00214. The topological polar surface area (TPSA) is 85.2 Å². The van der Waals surface area contributed by atoms with E-state index in [1.54, 1.807) is 0 Å². The number of hydrogen-bond donors (Lipinski definition) is 1. The first kappa shape index (κ1) is 30.7. The Bertz CT molecular complexity index is 1590. The molecule has 6 rings (SSSR count). The van der Waals surface area contributed by atoms with E-state index in [2.05, 4.69) is 36.3 Å². The van der Waals surface area contributed by atoms with Gasteiger partial charge in [0.2, 0.25) is 11.9 Å². The van der Waals surface area contributed by atoms with Gasteiger partial charge in [-0.05, 0) is 40.0 Å². The highest BCUT2D eigenvalue weighted by molar-refractivity contribution is 9.10. The normalized spacial score (nSPS) is 20.2. The molecule has 1 N–H and O–H groups in total. The van der Waals surface area contributed by atoms with Crippen molar-refractivity contribution < 1.29 is 44.7 Å². The molecule has 0 bridgehead atoms. The molecular weight excluding hydrogens is 672 g/mol. The number of amides is 1. The molecule has 1 aromatic carbocycles. The zero-order valence-electron chi connectivity index (χ0n) is 22.6. The van der Waals surface area contributed by atoms with E-state index in [1.807, 2.05) is 4.90 Å². The predicted molar refractivity (Wildman–Crippen MR) is 140 cm³/mol. The first-order chi connectivity index (χ1) is 20.7. The molecule has 236 valence electrons. The van der Waals surface area contributed by atoms with Crippen molar-refractivity contribution in [2.24, 2.45) is 5.41 Å². The molecule has 2 fully saturated rings. The second kappa shape index (κ2) is 10.9. The number of aromatic nitrogens is 4. The van der Waals surface area contributed by atoms with Gasteiger partial charge in [-0.3, -0.25) is 9.48 Å². The largest absolute Gasteiger partial charge is 0.380 e. The fraction of sp³-hybridized carbons (Fsp3) is 0.481. The lowest BCUT2D eigenvalue weighted by Gasteiger charge is -2.54. The molecule has 0 radical (unpaired) electrons. The first-order valence-corrected chi connectivity index (χ1v) is 14.2. The van der Waals surface area contributed by atoms with Gasteiger partial charge in [-0.25, -0.2) is 36.3 Å². The molecule has 1 spiro atoms. The molecule has 0 saturated carbocycles. The van der Waals surface area contributed by atoms with Crippen molar-refractivity contribution in [1.82, 2.24) is 25.1 Å². The Morgan fingerprint density at radius 3 is 2.30 bits per heavy atom. The lowest BCUT2D eigenvalue weighted by atomic mass is 9.78.